The summed E-state index contributed by atoms with van der Waals surface area (Å²) in [6.45, 7) is 4.15. The number of carbonyl (C=O) groups is 1. The fourth-order valence-corrected chi connectivity index (χ4v) is 0.943. The number of alkyl halides is 1. The minimum Gasteiger partial charge on any atom is -0.466 e. The highest BCUT2D eigenvalue weighted by Crippen LogP contribution is 2.06. The van der Waals surface area contributed by atoms with Crippen LogP contribution in [0.4, 0.5) is 0 Å². The van der Waals surface area contributed by atoms with Crippen molar-refractivity contribution in [1.29, 1.82) is 0 Å². The van der Waals surface area contributed by atoms with Crippen LogP contribution in [0, 0.1) is 5.92 Å². The van der Waals surface area contributed by atoms with E-state index in [-0.39, 0.29) is 11.9 Å². The lowest BCUT2D eigenvalue weighted by Crippen LogP contribution is -2.18. The topological polar surface area (TPSA) is 26.3 Å². The molecule has 0 radical (unpaired) electrons. The maximum atomic E-state index is 10.9. The highest BCUT2D eigenvalue weighted by molar-refractivity contribution is 6.19. The molecule has 3 heteroatoms. The number of halogens is 1. The van der Waals surface area contributed by atoms with E-state index < -0.39 is 0 Å². The Hall–Kier alpha value is -0.240. The van der Waals surface area contributed by atoms with Crippen LogP contribution in [-0.4, -0.2) is 18.5 Å². The van der Waals surface area contributed by atoms with Gasteiger partial charge in [0.05, 0.1) is 12.5 Å². The summed E-state index contributed by atoms with van der Waals surface area (Å²) in [5, 5.41) is 0. The molecule has 0 bridgehead atoms. The summed E-state index contributed by atoms with van der Waals surface area (Å²) in [6.07, 6.45) is 0.752. The maximum Gasteiger partial charge on any atom is 0.310 e. The smallest absolute Gasteiger partial charge is 0.310 e. The average Bonchev–Trinajstić information content (AvgIpc) is 1.91. The Labute approximate surface area is 66.5 Å². The summed E-state index contributed by atoms with van der Waals surface area (Å²) in [5.41, 5.74) is 0. The largest absolute Gasteiger partial charge is 0.466 e. The van der Waals surface area contributed by atoms with Crippen molar-refractivity contribution in [2.75, 3.05) is 12.5 Å². The number of ether oxygens (including phenoxy) is 1. The minimum absolute atomic E-state index is 0.124. The number of carbonyl (C=O) groups excluding carboxylic acids is 1. The van der Waals surface area contributed by atoms with Crippen LogP contribution in [0.5, 0.6) is 0 Å². The van der Waals surface area contributed by atoms with Crippen LogP contribution >= 0.6 is 11.6 Å². The molecule has 0 N–H and O–H groups in total. The van der Waals surface area contributed by atoms with Crippen LogP contribution in [0.1, 0.15) is 20.3 Å². The van der Waals surface area contributed by atoms with Gasteiger partial charge >= 0.3 is 5.97 Å². The van der Waals surface area contributed by atoms with Gasteiger partial charge in [-0.2, -0.15) is 0 Å². The number of hydrogen-bond acceptors (Lipinski definition) is 2. The second kappa shape index (κ2) is 5.54. The van der Waals surface area contributed by atoms with Gasteiger partial charge in [0.25, 0.3) is 0 Å². The van der Waals surface area contributed by atoms with E-state index >= 15 is 0 Å². The maximum absolute atomic E-state index is 10.9. The first-order chi connectivity index (χ1) is 4.76. The zero-order valence-corrected chi connectivity index (χ0v) is 7.15. The SMILES string of the molecule is CCOC(=O)C(CC)CCl. The molecule has 0 aliphatic heterocycles. The van der Waals surface area contributed by atoms with E-state index in [9.17, 15) is 4.79 Å². The van der Waals surface area contributed by atoms with E-state index in [4.69, 9.17) is 16.3 Å². The summed E-state index contributed by atoms with van der Waals surface area (Å²) in [7, 11) is 0. The van der Waals surface area contributed by atoms with Gasteiger partial charge in [0, 0.05) is 5.88 Å². The summed E-state index contributed by atoms with van der Waals surface area (Å²) in [6, 6.07) is 0. The first-order valence-corrected chi connectivity index (χ1v) is 4.02. The molecule has 0 saturated heterocycles. The van der Waals surface area contributed by atoms with Crippen molar-refractivity contribution in [2.45, 2.75) is 20.3 Å². The van der Waals surface area contributed by atoms with Gasteiger partial charge in [-0.25, -0.2) is 0 Å². The predicted molar refractivity (Wildman–Crippen MR) is 41.1 cm³/mol. The molecule has 0 aromatic rings. The molecule has 0 fully saturated rings. The summed E-state index contributed by atoms with van der Waals surface area (Å²) in [5.74, 6) is 0.0524. The third-order valence-electron chi connectivity index (χ3n) is 1.30. The van der Waals surface area contributed by atoms with Gasteiger partial charge in [-0.05, 0) is 13.3 Å². The number of esters is 1. The molecule has 0 spiro atoms. The fourth-order valence-electron chi connectivity index (χ4n) is 0.599. The van der Waals surface area contributed by atoms with Gasteiger partial charge in [-0.3, -0.25) is 4.79 Å². The molecule has 0 amide bonds. The molecule has 0 aliphatic carbocycles. The minimum atomic E-state index is -0.181. The van der Waals surface area contributed by atoms with Gasteiger partial charge in [-0.15, -0.1) is 11.6 Å². The fraction of sp³-hybridized carbons (Fsp3) is 0.857. The lowest BCUT2D eigenvalue weighted by molar-refractivity contribution is -0.147. The zero-order chi connectivity index (χ0) is 7.98. The first-order valence-electron chi connectivity index (χ1n) is 3.48. The van der Waals surface area contributed by atoms with Gasteiger partial charge in [0.15, 0.2) is 0 Å². The third-order valence-corrected chi connectivity index (χ3v) is 1.67. The summed E-state index contributed by atoms with van der Waals surface area (Å²) in [4.78, 5) is 10.9. The highest BCUT2D eigenvalue weighted by Gasteiger charge is 2.15. The Bertz CT molecular complexity index is 99.8. The first kappa shape index (κ1) is 9.76. The van der Waals surface area contributed by atoms with Crippen molar-refractivity contribution in [1.82, 2.24) is 0 Å². The molecular formula is C7H13ClO2. The second-order valence-electron chi connectivity index (χ2n) is 2.01. The van der Waals surface area contributed by atoms with Crippen molar-refractivity contribution in [2.24, 2.45) is 5.92 Å². The quantitative estimate of drug-likeness (QED) is 0.468. The summed E-state index contributed by atoms with van der Waals surface area (Å²) < 4.78 is 4.76. The van der Waals surface area contributed by atoms with E-state index in [2.05, 4.69) is 0 Å². The van der Waals surface area contributed by atoms with E-state index in [0.717, 1.165) is 6.42 Å². The lowest BCUT2D eigenvalue weighted by atomic mass is 10.1. The van der Waals surface area contributed by atoms with Crippen LogP contribution in [0.2, 0.25) is 0 Å². The molecule has 60 valence electrons. The normalized spacial score (nSPS) is 12.7. The zero-order valence-electron chi connectivity index (χ0n) is 6.39. The van der Waals surface area contributed by atoms with Crippen molar-refractivity contribution < 1.29 is 9.53 Å². The van der Waals surface area contributed by atoms with E-state index in [1.165, 1.54) is 0 Å². The molecule has 10 heavy (non-hydrogen) atoms. The average molecular weight is 165 g/mol. The van der Waals surface area contributed by atoms with E-state index in [0.29, 0.717) is 12.5 Å². The van der Waals surface area contributed by atoms with Crippen molar-refractivity contribution in [3.63, 3.8) is 0 Å². The third kappa shape index (κ3) is 3.06. The Kier molecular flexibility index (Phi) is 5.40. The molecule has 0 rings (SSSR count). The molecule has 0 saturated carbocycles. The Morgan fingerprint density at radius 3 is 2.50 bits per heavy atom. The Morgan fingerprint density at radius 2 is 2.20 bits per heavy atom. The van der Waals surface area contributed by atoms with Gasteiger partial charge in [0.2, 0.25) is 0 Å². The number of hydrogen-bond donors (Lipinski definition) is 0. The summed E-state index contributed by atoms with van der Waals surface area (Å²) >= 11 is 5.50. The van der Waals surface area contributed by atoms with Crippen LogP contribution in [0.25, 0.3) is 0 Å². The van der Waals surface area contributed by atoms with E-state index in [1.54, 1.807) is 6.92 Å². The molecule has 0 aliphatic rings. The molecule has 0 heterocycles. The Morgan fingerprint density at radius 1 is 1.60 bits per heavy atom. The van der Waals surface area contributed by atoms with Gasteiger partial charge in [-0.1, -0.05) is 6.92 Å². The van der Waals surface area contributed by atoms with Gasteiger partial charge in [0.1, 0.15) is 0 Å². The number of rotatable bonds is 4. The van der Waals surface area contributed by atoms with Crippen molar-refractivity contribution in [3.05, 3.63) is 0 Å². The predicted octanol–water partition coefficient (Wildman–Crippen LogP) is 1.81. The molecule has 1 unspecified atom stereocenters. The lowest BCUT2D eigenvalue weighted by Gasteiger charge is -2.08. The highest BCUT2D eigenvalue weighted by atomic mass is 35.5. The van der Waals surface area contributed by atoms with Crippen LogP contribution < -0.4 is 0 Å². The molecule has 1 atom stereocenters. The van der Waals surface area contributed by atoms with Crippen molar-refractivity contribution >= 4 is 17.6 Å². The van der Waals surface area contributed by atoms with Crippen LogP contribution in [-0.2, 0) is 9.53 Å². The van der Waals surface area contributed by atoms with E-state index in [1.807, 2.05) is 6.92 Å². The van der Waals surface area contributed by atoms with Crippen LogP contribution in [0.15, 0.2) is 0 Å². The second-order valence-corrected chi connectivity index (χ2v) is 2.32. The molecule has 0 aromatic carbocycles. The molecular weight excluding hydrogens is 152 g/mol. The van der Waals surface area contributed by atoms with Crippen LogP contribution in [0.3, 0.4) is 0 Å². The standard InChI is InChI=1S/C7H13ClO2/c1-3-6(5-8)7(9)10-4-2/h6H,3-5H2,1-2H3. The Balaban J connectivity index is 3.65. The monoisotopic (exact) mass is 164 g/mol. The molecule has 2 nitrogen and oxygen atoms in total. The van der Waals surface area contributed by atoms with Crippen molar-refractivity contribution in [3.8, 4) is 0 Å². The van der Waals surface area contributed by atoms with Gasteiger partial charge < -0.3 is 4.74 Å². The molecule has 0 aromatic heterocycles.